The monoisotopic (exact) mass is 307 g/mol. The van der Waals surface area contributed by atoms with Crippen molar-refractivity contribution < 1.29 is 24.6 Å². The Morgan fingerprint density at radius 2 is 2.18 bits per heavy atom. The molecular weight excluding hydrogens is 290 g/mol. The fraction of sp³-hybridized carbons (Fsp3) is 0.500. The molecule has 2 N–H and O–H groups in total. The van der Waals surface area contributed by atoms with Gasteiger partial charge in [0.25, 0.3) is 0 Å². The Morgan fingerprint density at radius 1 is 1.45 bits per heavy atom. The number of likely N-dealkylation sites (tertiary alicyclic amines) is 1. The number of piperidine rings is 1. The molecule has 1 saturated heterocycles. The van der Waals surface area contributed by atoms with E-state index in [1.54, 1.807) is 12.1 Å². The zero-order valence-corrected chi connectivity index (χ0v) is 12.2. The number of pyridine rings is 1. The number of ether oxygens (including phenoxy) is 2. The van der Waals surface area contributed by atoms with E-state index in [0.29, 0.717) is 55.4 Å². The van der Waals surface area contributed by atoms with Crippen LogP contribution in [0.3, 0.4) is 0 Å². The second-order valence-corrected chi connectivity index (χ2v) is 5.48. The van der Waals surface area contributed by atoms with E-state index in [0.717, 1.165) is 0 Å². The molecule has 0 aliphatic carbocycles. The molecule has 1 spiro atoms. The van der Waals surface area contributed by atoms with Crippen LogP contribution in [0.1, 0.15) is 25.0 Å². The van der Waals surface area contributed by atoms with E-state index in [2.05, 4.69) is 10.1 Å². The first kappa shape index (κ1) is 14.4. The molecule has 0 unspecified atom stereocenters. The number of fused-ring (bicyclic) bond motifs is 1. The van der Waals surface area contributed by atoms with Crippen LogP contribution < -0.4 is 9.47 Å². The van der Waals surface area contributed by atoms with Crippen molar-refractivity contribution in [1.29, 1.82) is 0 Å². The lowest BCUT2D eigenvalue weighted by Crippen LogP contribution is -2.52. The summed E-state index contributed by atoms with van der Waals surface area (Å²) in [5.74, 6) is 0.948. The molecule has 3 heterocycles. The number of rotatable bonds is 1. The highest BCUT2D eigenvalue weighted by atomic mass is 16.5. The predicted octanol–water partition coefficient (Wildman–Crippen LogP) is 1.56. The van der Waals surface area contributed by atoms with Gasteiger partial charge in [0.1, 0.15) is 22.8 Å². The van der Waals surface area contributed by atoms with Gasteiger partial charge in [0, 0.05) is 38.4 Å². The van der Waals surface area contributed by atoms with Crippen molar-refractivity contribution in [2.24, 2.45) is 5.16 Å². The summed E-state index contributed by atoms with van der Waals surface area (Å²) in [6, 6.07) is 3.41. The highest BCUT2D eigenvalue weighted by Gasteiger charge is 2.43. The number of oxime groups is 1. The highest BCUT2D eigenvalue weighted by Crippen LogP contribution is 2.39. The summed E-state index contributed by atoms with van der Waals surface area (Å²) in [5, 5.41) is 21.7. The number of amides is 1. The molecule has 0 saturated carbocycles. The number of aromatic nitrogens is 1. The van der Waals surface area contributed by atoms with Crippen LogP contribution in [0.5, 0.6) is 11.6 Å². The third kappa shape index (κ3) is 2.40. The average molecular weight is 307 g/mol. The summed E-state index contributed by atoms with van der Waals surface area (Å²) < 4.78 is 11.2. The lowest BCUT2D eigenvalue weighted by atomic mass is 9.83. The van der Waals surface area contributed by atoms with Gasteiger partial charge in [0.2, 0.25) is 5.88 Å². The first-order chi connectivity index (χ1) is 10.6. The van der Waals surface area contributed by atoms with Crippen LogP contribution in [0.4, 0.5) is 4.79 Å². The van der Waals surface area contributed by atoms with Crippen molar-refractivity contribution in [2.75, 3.05) is 20.2 Å². The molecule has 0 atom stereocenters. The molecule has 1 amide bonds. The van der Waals surface area contributed by atoms with E-state index in [4.69, 9.17) is 14.6 Å². The van der Waals surface area contributed by atoms with Gasteiger partial charge in [-0.05, 0) is 6.07 Å². The number of carboxylic acid groups (broad SMARTS) is 1. The number of hydrogen-bond donors (Lipinski definition) is 2. The Morgan fingerprint density at radius 3 is 2.77 bits per heavy atom. The summed E-state index contributed by atoms with van der Waals surface area (Å²) in [7, 11) is 1.51. The first-order valence-electron chi connectivity index (χ1n) is 7.00. The fourth-order valence-corrected chi connectivity index (χ4v) is 2.96. The second-order valence-electron chi connectivity index (χ2n) is 5.48. The van der Waals surface area contributed by atoms with Crippen molar-refractivity contribution in [2.45, 2.75) is 24.9 Å². The number of carbonyl (C=O) groups is 1. The van der Waals surface area contributed by atoms with E-state index < -0.39 is 11.7 Å². The number of methoxy groups -OCH3 is 1. The van der Waals surface area contributed by atoms with Crippen LogP contribution in [0, 0.1) is 0 Å². The zero-order valence-electron chi connectivity index (χ0n) is 12.2. The minimum absolute atomic E-state index is 0.393. The molecule has 2 aliphatic heterocycles. The highest BCUT2D eigenvalue weighted by molar-refractivity contribution is 6.02. The molecule has 3 rings (SSSR count). The van der Waals surface area contributed by atoms with Crippen LogP contribution in [-0.2, 0) is 0 Å². The van der Waals surface area contributed by atoms with Crippen LogP contribution in [0.15, 0.2) is 17.3 Å². The van der Waals surface area contributed by atoms with Crippen molar-refractivity contribution in [3.8, 4) is 11.6 Å². The van der Waals surface area contributed by atoms with Crippen molar-refractivity contribution in [3.05, 3.63) is 17.8 Å². The molecule has 1 aromatic rings. The minimum atomic E-state index is -0.923. The van der Waals surface area contributed by atoms with Gasteiger partial charge in [-0.2, -0.15) is 0 Å². The largest absolute Gasteiger partial charge is 0.484 e. The lowest BCUT2D eigenvalue weighted by Gasteiger charge is -2.43. The lowest BCUT2D eigenvalue weighted by molar-refractivity contribution is 0.00564. The summed E-state index contributed by atoms with van der Waals surface area (Å²) in [5.41, 5.74) is 0.355. The Kier molecular flexibility index (Phi) is 3.51. The summed E-state index contributed by atoms with van der Waals surface area (Å²) >= 11 is 0. The molecule has 1 fully saturated rings. The maximum Gasteiger partial charge on any atom is 0.407 e. The van der Waals surface area contributed by atoms with Crippen LogP contribution in [0.2, 0.25) is 0 Å². The summed E-state index contributed by atoms with van der Waals surface area (Å²) in [4.78, 5) is 16.6. The third-order valence-corrected chi connectivity index (χ3v) is 4.20. The Labute approximate surface area is 127 Å². The molecule has 8 nitrogen and oxygen atoms in total. The third-order valence-electron chi connectivity index (χ3n) is 4.20. The SMILES string of the molecule is COc1ccc2c(n1)/C(=N/O)CC1(CCN(C(=O)O)CC1)O2. The van der Waals surface area contributed by atoms with Gasteiger partial charge in [-0.15, -0.1) is 0 Å². The summed E-state index contributed by atoms with van der Waals surface area (Å²) in [6.45, 7) is 0.792. The van der Waals surface area contributed by atoms with E-state index in [1.165, 1.54) is 12.0 Å². The smallest absolute Gasteiger partial charge is 0.407 e. The van der Waals surface area contributed by atoms with Gasteiger partial charge in [-0.1, -0.05) is 5.16 Å². The standard InChI is InChI=1S/C14H17N3O5/c1-21-11-3-2-10-12(15-11)9(16-20)8-14(22-10)4-6-17(7-5-14)13(18)19/h2-3,20H,4-8H2,1H3,(H,18,19)/b16-9+. The van der Waals surface area contributed by atoms with Crippen LogP contribution >= 0.6 is 0 Å². The van der Waals surface area contributed by atoms with Crippen molar-refractivity contribution in [1.82, 2.24) is 9.88 Å². The van der Waals surface area contributed by atoms with Gasteiger partial charge in [-0.3, -0.25) is 0 Å². The topological polar surface area (TPSA) is 104 Å². The van der Waals surface area contributed by atoms with E-state index >= 15 is 0 Å². The molecule has 0 aromatic carbocycles. The predicted molar refractivity (Wildman–Crippen MR) is 75.9 cm³/mol. The van der Waals surface area contributed by atoms with Gasteiger partial charge < -0.3 is 24.7 Å². The number of hydrogen-bond acceptors (Lipinski definition) is 6. The van der Waals surface area contributed by atoms with Crippen molar-refractivity contribution in [3.63, 3.8) is 0 Å². The van der Waals surface area contributed by atoms with Gasteiger partial charge in [-0.25, -0.2) is 9.78 Å². The zero-order chi connectivity index (χ0) is 15.7. The van der Waals surface area contributed by atoms with E-state index in [1.807, 2.05) is 0 Å². The van der Waals surface area contributed by atoms with Crippen LogP contribution in [-0.4, -0.2) is 57.8 Å². The molecule has 2 aliphatic rings. The quantitative estimate of drug-likeness (QED) is 0.602. The molecule has 0 bridgehead atoms. The Balaban J connectivity index is 1.88. The van der Waals surface area contributed by atoms with Gasteiger partial charge in [0.05, 0.1) is 7.11 Å². The van der Waals surface area contributed by atoms with E-state index in [-0.39, 0.29) is 0 Å². The Bertz CT molecular complexity index is 623. The fourth-order valence-electron chi connectivity index (χ4n) is 2.96. The van der Waals surface area contributed by atoms with Gasteiger partial charge >= 0.3 is 6.09 Å². The van der Waals surface area contributed by atoms with Gasteiger partial charge in [0.15, 0.2) is 0 Å². The average Bonchev–Trinajstić information content (AvgIpc) is 2.54. The molecule has 118 valence electrons. The number of nitrogens with zero attached hydrogens (tertiary/aromatic N) is 3. The first-order valence-corrected chi connectivity index (χ1v) is 7.00. The molecule has 22 heavy (non-hydrogen) atoms. The van der Waals surface area contributed by atoms with Crippen LogP contribution in [0.25, 0.3) is 0 Å². The minimum Gasteiger partial charge on any atom is -0.484 e. The second kappa shape index (κ2) is 5.36. The molecule has 1 aromatic heterocycles. The van der Waals surface area contributed by atoms with E-state index in [9.17, 15) is 10.0 Å². The maximum absolute atomic E-state index is 11.0. The maximum atomic E-state index is 11.0. The summed E-state index contributed by atoms with van der Waals surface area (Å²) in [6.07, 6.45) is 0.561. The Hall–Kier alpha value is -2.51. The molecule has 0 radical (unpaired) electrons. The normalized spacial score (nSPS) is 21.3. The van der Waals surface area contributed by atoms with Crippen molar-refractivity contribution >= 4 is 11.8 Å². The molecular formula is C14H17N3O5. The molecule has 8 heteroatoms.